The highest BCUT2D eigenvalue weighted by molar-refractivity contribution is 7.89. The van der Waals surface area contributed by atoms with Crippen molar-refractivity contribution in [1.29, 1.82) is 0 Å². The van der Waals surface area contributed by atoms with Gasteiger partial charge in [-0.25, -0.2) is 23.1 Å². The number of nitrogens with zero attached hydrogens (tertiary/aromatic N) is 3. The Balaban J connectivity index is 1.21. The second-order valence-electron chi connectivity index (χ2n) is 10.2. The van der Waals surface area contributed by atoms with Crippen LogP contribution in [0.15, 0.2) is 41.1 Å². The lowest BCUT2D eigenvalue weighted by atomic mass is 9.88. The number of carbonyl (C=O) groups excluding carboxylic acids is 2. The molecule has 1 aromatic carbocycles. The Kier molecular flexibility index (Phi) is 7.40. The molecule has 3 heterocycles. The maximum absolute atomic E-state index is 13.3. The molecule has 0 bridgehead atoms. The third-order valence-electron chi connectivity index (χ3n) is 7.51. The second-order valence-corrected chi connectivity index (χ2v) is 12.3. The highest BCUT2D eigenvalue weighted by Gasteiger charge is 2.40. The van der Waals surface area contributed by atoms with Crippen LogP contribution in [0.1, 0.15) is 59.4 Å². The molecule has 208 valence electrons. The van der Waals surface area contributed by atoms with Gasteiger partial charge >= 0.3 is 0 Å². The lowest BCUT2D eigenvalue weighted by Crippen LogP contribution is -2.53. The van der Waals surface area contributed by atoms with E-state index in [2.05, 4.69) is 25.3 Å². The number of sulfonamides is 1. The van der Waals surface area contributed by atoms with Gasteiger partial charge in [0, 0.05) is 37.3 Å². The summed E-state index contributed by atoms with van der Waals surface area (Å²) in [5.41, 5.74) is 11.3. The maximum atomic E-state index is 13.3. The van der Waals surface area contributed by atoms with Gasteiger partial charge in [0.1, 0.15) is 5.82 Å². The minimum atomic E-state index is -3.69. The topological polar surface area (TPSA) is 185 Å². The van der Waals surface area contributed by atoms with Crippen LogP contribution in [-0.2, 0) is 10.0 Å². The predicted molar refractivity (Wildman–Crippen MR) is 146 cm³/mol. The van der Waals surface area contributed by atoms with Crippen molar-refractivity contribution in [3.63, 3.8) is 0 Å². The number of allylic oxidation sites excluding steroid dienone is 1. The van der Waals surface area contributed by atoms with Gasteiger partial charge in [-0.05, 0) is 43.9 Å². The van der Waals surface area contributed by atoms with Gasteiger partial charge in [-0.2, -0.15) is 0 Å². The van der Waals surface area contributed by atoms with Gasteiger partial charge in [-0.3, -0.25) is 9.59 Å². The van der Waals surface area contributed by atoms with Crippen molar-refractivity contribution in [1.82, 2.24) is 30.2 Å². The number of nitrogens with two attached hydrogens (primary N) is 2. The fraction of sp³-hybridized carbons (Fsp3) is 0.440. The third kappa shape index (κ3) is 5.80. The number of carbonyl (C=O) groups is 2. The first-order valence-electron chi connectivity index (χ1n) is 12.8. The number of anilines is 2. The number of benzene rings is 1. The molecule has 14 heteroatoms. The van der Waals surface area contributed by atoms with Crippen LogP contribution >= 0.6 is 11.6 Å². The first-order chi connectivity index (χ1) is 18.6. The smallest absolute Gasteiger partial charge is 0.253 e. The molecular weight excluding hydrogens is 544 g/mol. The predicted octanol–water partition coefficient (Wildman–Crippen LogP) is 1.41. The molecule has 1 amide bonds. The summed E-state index contributed by atoms with van der Waals surface area (Å²) in [5.74, 6) is -0.330. The van der Waals surface area contributed by atoms with Crippen LogP contribution in [0.5, 0.6) is 0 Å². The fourth-order valence-corrected chi connectivity index (χ4v) is 6.77. The van der Waals surface area contributed by atoms with Crippen molar-refractivity contribution >= 4 is 45.0 Å². The first-order valence-corrected chi connectivity index (χ1v) is 14.7. The number of likely N-dealkylation sites (tertiary alicyclic amines) is 1. The van der Waals surface area contributed by atoms with E-state index in [4.69, 9.17) is 23.1 Å². The molecule has 2 aliphatic heterocycles. The van der Waals surface area contributed by atoms with Gasteiger partial charge in [0.05, 0.1) is 10.4 Å². The summed E-state index contributed by atoms with van der Waals surface area (Å²) < 4.78 is 28.5. The number of piperidine rings is 1. The number of ketones is 1. The molecule has 2 aromatic rings. The number of rotatable bonds is 6. The van der Waals surface area contributed by atoms with Gasteiger partial charge in [0.2, 0.25) is 15.8 Å². The standard InChI is InChI=1S/C25H31ClN8O4S/c26-21-23(28)31-22(27)20(30-21)18(35)13-19-29-14-25(32-19)8-10-34(11-9-25)24(36)15-4-3-7-17(12-15)39(37,38)33-16-5-1-2-6-16/h3-4,7,12-13,16,29,32-33H,1-2,5-6,8-11,14H2,(H4,27,28,31)/b19-13+. The summed E-state index contributed by atoms with van der Waals surface area (Å²) in [4.78, 5) is 35.6. The van der Waals surface area contributed by atoms with Crippen LogP contribution in [0.4, 0.5) is 11.6 Å². The zero-order chi connectivity index (χ0) is 27.8. The Morgan fingerprint density at radius 2 is 1.85 bits per heavy atom. The van der Waals surface area contributed by atoms with Crippen molar-refractivity contribution in [2.45, 2.75) is 55.0 Å². The Bertz CT molecular complexity index is 1430. The Hall–Kier alpha value is -3.42. The van der Waals surface area contributed by atoms with E-state index in [9.17, 15) is 18.0 Å². The van der Waals surface area contributed by atoms with Gasteiger partial charge in [-0.1, -0.05) is 30.5 Å². The van der Waals surface area contributed by atoms with E-state index < -0.39 is 15.8 Å². The number of nitrogen functional groups attached to an aromatic ring is 2. The molecule has 5 rings (SSSR count). The molecular formula is C25H31ClN8O4S. The number of amides is 1. The molecule has 1 aromatic heterocycles. The number of nitrogens with one attached hydrogen (secondary N) is 3. The molecule has 1 spiro atoms. The van der Waals surface area contributed by atoms with Gasteiger partial charge < -0.3 is 27.0 Å². The van der Waals surface area contributed by atoms with Crippen molar-refractivity contribution in [2.24, 2.45) is 0 Å². The Morgan fingerprint density at radius 3 is 2.56 bits per heavy atom. The molecule has 3 fully saturated rings. The van der Waals surface area contributed by atoms with Gasteiger partial charge in [0.15, 0.2) is 22.5 Å². The zero-order valence-corrected chi connectivity index (χ0v) is 22.8. The Labute approximate surface area is 231 Å². The van der Waals surface area contributed by atoms with Crippen LogP contribution in [0.2, 0.25) is 5.15 Å². The molecule has 1 aliphatic carbocycles. The van der Waals surface area contributed by atoms with Crippen molar-refractivity contribution in [2.75, 3.05) is 31.1 Å². The van der Waals surface area contributed by atoms with E-state index >= 15 is 0 Å². The van der Waals surface area contributed by atoms with Crippen LogP contribution in [0, 0.1) is 0 Å². The van der Waals surface area contributed by atoms with Crippen molar-refractivity contribution < 1.29 is 18.0 Å². The minimum Gasteiger partial charge on any atom is -0.382 e. The van der Waals surface area contributed by atoms with Crippen molar-refractivity contribution in [3.8, 4) is 0 Å². The SMILES string of the molecule is Nc1nc(N)c(C(=O)/C=C2\NCC3(CCN(C(=O)c4cccc(S(=O)(=O)NC5CCCC5)c4)CC3)N2)nc1Cl. The largest absolute Gasteiger partial charge is 0.382 e. The van der Waals surface area contributed by atoms with E-state index in [0.29, 0.717) is 43.9 Å². The molecule has 0 unspecified atom stereocenters. The molecule has 0 atom stereocenters. The van der Waals surface area contributed by atoms with Crippen LogP contribution in [0.3, 0.4) is 0 Å². The average Bonchev–Trinajstić information content (AvgIpc) is 3.56. The molecule has 3 aliphatic rings. The Morgan fingerprint density at radius 1 is 1.13 bits per heavy atom. The first kappa shape index (κ1) is 27.2. The van der Waals surface area contributed by atoms with Crippen LogP contribution < -0.4 is 26.8 Å². The third-order valence-corrected chi connectivity index (χ3v) is 9.30. The molecule has 2 saturated heterocycles. The molecule has 0 radical (unpaired) electrons. The van der Waals surface area contributed by atoms with Gasteiger partial charge in [-0.15, -0.1) is 0 Å². The average molecular weight is 575 g/mol. The van der Waals surface area contributed by atoms with Gasteiger partial charge in [0.25, 0.3) is 5.91 Å². The summed E-state index contributed by atoms with van der Waals surface area (Å²) in [7, 11) is -3.69. The lowest BCUT2D eigenvalue weighted by Gasteiger charge is -2.39. The zero-order valence-electron chi connectivity index (χ0n) is 21.2. The number of hydrogen-bond acceptors (Lipinski definition) is 10. The van der Waals surface area contributed by atoms with Crippen LogP contribution in [0.25, 0.3) is 0 Å². The summed E-state index contributed by atoms with van der Waals surface area (Å²) in [6.45, 7) is 1.51. The quantitative estimate of drug-likeness (QED) is 0.249. The highest BCUT2D eigenvalue weighted by atomic mass is 35.5. The summed E-state index contributed by atoms with van der Waals surface area (Å²) in [5, 5.41) is 6.47. The summed E-state index contributed by atoms with van der Waals surface area (Å²) >= 11 is 5.89. The van der Waals surface area contributed by atoms with Crippen LogP contribution in [-0.4, -0.2) is 66.2 Å². The molecule has 39 heavy (non-hydrogen) atoms. The second kappa shape index (κ2) is 10.6. The molecule has 12 nitrogen and oxygen atoms in total. The van der Waals surface area contributed by atoms with E-state index in [1.807, 2.05) is 0 Å². The van der Waals surface area contributed by atoms with E-state index in [-0.39, 0.29) is 44.9 Å². The van der Waals surface area contributed by atoms with E-state index in [1.54, 1.807) is 17.0 Å². The maximum Gasteiger partial charge on any atom is 0.253 e. The lowest BCUT2D eigenvalue weighted by molar-refractivity contribution is 0.0666. The van der Waals surface area contributed by atoms with Crippen molar-refractivity contribution in [3.05, 3.63) is 52.6 Å². The summed E-state index contributed by atoms with van der Waals surface area (Å²) in [6.07, 6.45) is 6.31. The number of halogens is 1. The molecule has 1 saturated carbocycles. The minimum absolute atomic E-state index is 0.0511. The fourth-order valence-electron chi connectivity index (χ4n) is 5.30. The monoisotopic (exact) mass is 574 g/mol. The normalized spacial score (nSPS) is 20.2. The number of hydrogen-bond donors (Lipinski definition) is 5. The van der Waals surface area contributed by atoms with E-state index in [0.717, 1.165) is 25.7 Å². The van der Waals surface area contributed by atoms with E-state index in [1.165, 1.54) is 18.2 Å². The summed E-state index contributed by atoms with van der Waals surface area (Å²) in [6, 6.07) is 6.15. The molecule has 7 N–H and O–H groups in total. The number of aromatic nitrogens is 2. The highest BCUT2D eigenvalue weighted by Crippen LogP contribution is 2.28.